The van der Waals surface area contributed by atoms with E-state index < -0.39 is 5.91 Å². The van der Waals surface area contributed by atoms with E-state index in [4.69, 9.17) is 17.3 Å². The third kappa shape index (κ3) is 3.05. The Kier molecular flexibility index (Phi) is 3.80. The molecule has 0 bridgehead atoms. The first-order valence-corrected chi connectivity index (χ1v) is 7.32. The smallest absolute Gasteiger partial charge is 0.272 e. The summed E-state index contributed by atoms with van der Waals surface area (Å²) in [7, 11) is 0. The van der Waals surface area contributed by atoms with Crippen LogP contribution in [-0.4, -0.2) is 16.8 Å². The number of nitrogens with one attached hydrogen (secondary N) is 2. The van der Waals surface area contributed by atoms with Crippen molar-refractivity contribution in [1.82, 2.24) is 4.98 Å². The summed E-state index contributed by atoms with van der Waals surface area (Å²) in [6.45, 7) is 1.99. The van der Waals surface area contributed by atoms with Gasteiger partial charge in [-0.25, -0.2) is 0 Å². The van der Waals surface area contributed by atoms with Gasteiger partial charge in [-0.15, -0.1) is 0 Å². The number of anilines is 1. The highest BCUT2D eigenvalue weighted by atomic mass is 35.5. The fraction of sp³-hybridized carbons (Fsp3) is 0.0588. The zero-order valence-electron chi connectivity index (χ0n) is 12.3. The van der Waals surface area contributed by atoms with E-state index in [9.17, 15) is 9.59 Å². The highest BCUT2D eigenvalue weighted by molar-refractivity contribution is 6.34. The third-order valence-corrected chi connectivity index (χ3v) is 3.84. The topological polar surface area (TPSA) is 88.0 Å². The Bertz CT molecular complexity index is 931. The van der Waals surface area contributed by atoms with Crippen LogP contribution in [0.5, 0.6) is 0 Å². The highest BCUT2D eigenvalue weighted by Crippen LogP contribution is 2.22. The largest absolute Gasteiger partial charge is 0.366 e. The van der Waals surface area contributed by atoms with Crippen LogP contribution in [0.1, 0.15) is 26.4 Å². The van der Waals surface area contributed by atoms with E-state index in [1.54, 1.807) is 12.1 Å². The zero-order valence-corrected chi connectivity index (χ0v) is 13.1. The standard InChI is InChI=1S/C17H14ClN3O2/c1-9-2-5-14-10(6-9)7-15(21-14)17(23)20-11-3-4-13(18)12(8-11)16(19)22/h2-8,21H,1H3,(H2,19,22)(H,20,23). The molecule has 1 heterocycles. The minimum atomic E-state index is -0.646. The molecule has 2 aromatic carbocycles. The number of nitrogens with two attached hydrogens (primary N) is 1. The molecule has 0 fully saturated rings. The van der Waals surface area contributed by atoms with E-state index in [0.29, 0.717) is 11.4 Å². The molecule has 2 amide bonds. The number of rotatable bonds is 3. The molecule has 0 saturated heterocycles. The number of carbonyl (C=O) groups is 2. The number of hydrogen-bond donors (Lipinski definition) is 3. The molecule has 3 rings (SSSR count). The molecule has 116 valence electrons. The monoisotopic (exact) mass is 327 g/mol. The molecule has 0 radical (unpaired) electrons. The SMILES string of the molecule is Cc1ccc2[nH]c(C(=O)Nc3ccc(Cl)c(C(N)=O)c3)cc2c1. The summed E-state index contributed by atoms with van der Waals surface area (Å²) >= 11 is 5.89. The second-order valence-electron chi connectivity index (χ2n) is 5.29. The van der Waals surface area contributed by atoms with E-state index >= 15 is 0 Å². The molecular formula is C17H14ClN3O2. The van der Waals surface area contributed by atoms with Crippen molar-refractivity contribution in [3.05, 3.63) is 64.3 Å². The van der Waals surface area contributed by atoms with Gasteiger partial charge in [-0.1, -0.05) is 23.2 Å². The van der Waals surface area contributed by atoms with Gasteiger partial charge in [0.15, 0.2) is 0 Å². The molecule has 5 nitrogen and oxygen atoms in total. The fourth-order valence-corrected chi connectivity index (χ4v) is 2.58. The van der Waals surface area contributed by atoms with Gasteiger partial charge in [0.25, 0.3) is 5.91 Å². The predicted octanol–water partition coefficient (Wildman–Crippen LogP) is 3.48. The predicted molar refractivity (Wildman–Crippen MR) is 91.0 cm³/mol. The maximum absolute atomic E-state index is 12.3. The number of carbonyl (C=O) groups excluding carboxylic acids is 2. The van der Waals surface area contributed by atoms with Crippen molar-refractivity contribution in [3.8, 4) is 0 Å². The van der Waals surface area contributed by atoms with Gasteiger partial charge >= 0.3 is 0 Å². The van der Waals surface area contributed by atoms with Gasteiger partial charge in [-0.3, -0.25) is 9.59 Å². The van der Waals surface area contributed by atoms with Crippen LogP contribution in [-0.2, 0) is 0 Å². The van der Waals surface area contributed by atoms with E-state index in [2.05, 4.69) is 10.3 Å². The first kappa shape index (κ1) is 15.1. The van der Waals surface area contributed by atoms with Crippen LogP contribution in [0.15, 0.2) is 42.5 Å². The van der Waals surface area contributed by atoms with Crippen LogP contribution in [0.3, 0.4) is 0 Å². The van der Waals surface area contributed by atoms with Crippen molar-refractivity contribution in [2.24, 2.45) is 5.73 Å². The molecule has 0 aliphatic carbocycles. The number of fused-ring (bicyclic) bond motifs is 1. The average Bonchev–Trinajstić information content (AvgIpc) is 2.92. The van der Waals surface area contributed by atoms with Crippen LogP contribution in [0, 0.1) is 6.92 Å². The quantitative estimate of drug-likeness (QED) is 0.687. The summed E-state index contributed by atoms with van der Waals surface area (Å²) in [5.41, 5.74) is 8.29. The van der Waals surface area contributed by atoms with Crippen LogP contribution in [0.4, 0.5) is 5.69 Å². The number of H-pyrrole nitrogens is 1. The van der Waals surface area contributed by atoms with Gasteiger partial charge in [-0.2, -0.15) is 0 Å². The van der Waals surface area contributed by atoms with Crippen molar-refractivity contribution < 1.29 is 9.59 Å². The average molecular weight is 328 g/mol. The molecule has 1 aromatic heterocycles. The van der Waals surface area contributed by atoms with Gasteiger partial charge in [-0.05, 0) is 43.3 Å². The number of benzene rings is 2. The number of halogens is 1. The maximum Gasteiger partial charge on any atom is 0.272 e. The highest BCUT2D eigenvalue weighted by Gasteiger charge is 2.12. The molecule has 0 spiro atoms. The molecule has 0 aliphatic heterocycles. The lowest BCUT2D eigenvalue weighted by molar-refractivity contribution is 0.0995. The summed E-state index contributed by atoms with van der Waals surface area (Å²) in [5.74, 6) is -0.955. The lowest BCUT2D eigenvalue weighted by Gasteiger charge is -2.06. The van der Waals surface area contributed by atoms with Crippen molar-refractivity contribution in [2.75, 3.05) is 5.32 Å². The van der Waals surface area contributed by atoms with Gasteiger partial charge in [0.1, 0.15) is 5.69 Å². The Morgan fingerprint density at radius 3 is 2.65 bits per heavy atom. The molecule has 23 heavy (non-hydrogen) atoms. The zero-order chi connectivity index (χ0) is 16.6. The summed E-state index contributed by atoms with van der Waals surface area (Å²) in [6.07, 6.45) is 0. The summed E-state index contributed by atoms with van der Waals surface area (Å²) in [4.78, 5) is 26.7. The van der Waals surface area contributed by atoms with E-state index in [1.807, 2.05) is 25.1 Å². The summed E-state index contributed by atoms with van der Waals surface area (Å²) in [6, 6.07) is 12.3. The van der Waals surface area contributed by atoms with Crippen LogP contribution in [0.25, 0.3) is 10.9 Å². The van der Waals surface area contributed by atoms with Crippen LogP contribution in [0.2, 0.25) is 5.02 Å². The van der Waals surface area contributed by atoms with Crippen LogP contribution >= 0.6 is 11.6 Å². The summed E-state index contributed by atoms with van der Waals surface area (Å²) < 4.78 is 0. The van der Waals surface area contributed by atoms with Gasteiger partial charge in [0.2, 0.25) is 5.91 Å². The first-order valence-electron chi connectivity index (χ1n) is 6.94. The lowest BCUT2D eigenvalue weighted by atomic mass is 10.2. The van der Waals surface area contributed by atoms with Crippen molar-refractivity contribution >= 4 is 40.0 Å². The Hall–Kier alpha value is -2.79. The van der Waals surface area contributed by atoms with Gasteiger partial charge < -0.3 is 16.0 Å². The summed E-state index contributed by atoms with van der Waals surface area (Å²) in [5, 5.41) is 3.93. The Morgan fingerprint density at radius 2 is 1.91 bits per heavy atom. The maximum atomic E-state index is 12.3. The third-order valence-electron chi connectivity index (χ3n) is 3.51. The minimum Gasteiger partial charge on any atom is -0.366 e. The first-order chi connectivity index (χ1) is 10.9. The van der Waals surface area contributed by atoms with Crippen molar-refractivity contribution in [3.63, 3.8) is 0 Å². The molecule has 3 aromatic rings. The lowest BCUT2D eigenvalue weighted by Crippen LogP contribution is -2.15. The Balaban J connectivity index is 1.88. The van der Waals surface area contributed by atoms with E-state index in [1.165, 1.54) is 12.1 Å². The Morgan fingerprint density at radius 1 is 1.13 bits per heavy atom. The number of aromatic nitrogens is 1. The minimum absolute atomic E-state index is 0.164. The molecule has 0 unspecified atom stereocenters. The molecule has 0 aliphatic rings. The van der Waals surface area contributed by atoms with E-state index in [0.717, 1.165) is 16.5 Å². The number of aryl methyl sites for hydroxylation is 1. The molecular weight excluding hydrogens is 314 g/mol. The normalized spacial score (nSPS) is 10.7. The molecule has 4 N–H and O–H groups in total. The molecule has 0 saturated carbocycles. The number of aromatic amines is 1. The van der Waals surface area contributed by atoms with Crippen molar-refractivity contribution in [1.29, 1.82) is 0 Å². The molecule has 0 atom stereocenters. The molecule has 6 heteroatoms. The van der Waals surface area contributed by atoms with Crippen molar-refractivity contribution in [2.45, 2.75) is 6.92 Å². The number of hydrogen-bond acceptors (Lipinski definition) is 2. The second kappa shape index (κ2) is 5.78. The van der Waals surface area contributed by atoms with Gasteiger partial charge in [0.05, 0.1) is 10.6 Å². The second-order valence-corrected chi connectivity index (χ2v) is 5.69. The number of primary amides is 1. The fourth-order valence-electron chi connectivity index (χ4n) is 2.36. The van der Waals surface area contributed by atoms with E-state index in [-0.39, 0.29) is 16.5 Å². The Labute approximate surface area is 137 Å². The number of amides is 2. The van der Waals surface area contributed by atoms with Gasteiger partial charge in [0, 0.05) is 16.6 Å². The van der Waals surface area contributed by atoms with Crippen LogP contribution < -0.4 is 11.1 Å².